The van der Waals surface area contributed by atoms with Gasteiger partial charge in [0.1, 0.15) is 0 Å². The van der Waals surface area contributed by atoms with E-state index in [1.54, 1.807) is 32.9 Å². The van der Waals surface area contributed by atoms with E-state index in [0.29, 0.717) is 11.4 Å². The number of sulfonamides is 1. The monoisotopic (exact) mass is 268 g/mol. The minimum atomic E-state index is -3.41. The number of carbonyl (C=O) groups is 1. The summed E-state index contributed by atoms with van der Waals surface area (Å²) in [5, 5.41) is 0. The first-order valence-corrected chi connectivity index (χ1v) is 7.22. The van der Waals surface area contributed by atoms with Crippen LogP contribution in [0.25, 0.3) is 0 Å². The second kappa shape index (κ2) is 4.97. The molecule has 0 heterocycles. The van der Waals surface area contributed by atoms with Crippen LogP contribution >= 0.6 is 0 Å². The number of nitrogens with zero attached hydrogens (tertiary/aromatic N) is 2. The van der Waals surface area contributed by atoms with Crippen molar-refractivity contribution in [2.24, 2.45) is 14.8 Å². The molecule has 0 aromatic heterocycles. The normalized spacial score (nSPS) is 15.8. The summed E-state index contributed by atoms with van der Waals surface area (Å²) in [6.07, 6.45) is 7.17. The molecule has 0 bridgehead atoms. The zero-order valence-corrected chi connectivity index (χ0v) is 11.7. The summed E-state index contributed by atoms with van der Waals surface area (Å²) in [5.41, 5.74) is 0.275. The van der Waals surface area contributed by atoms with Gasteiger partial charge in [0, 0.05) is 5.41 Å². The Morgan fingerprint density at radius 2 is 1.50 bits per heavy atom. The summed E-state index contributed by atoms with van der Waals surface area (Å²) in [6.45, 7) is 5.35. The van der Waals surface area contributed by atoms with E-state index in [0.717, 1.165) is 6.26 Å². The number of amides is 1. The van der Waals surface area contributed by atoms with Crippen molar-refractivity contribution in [3.05, 3.63) is 24.3 Å². The van der Waals surface area contributed by atoms with Crippen LogP contribution in [0.1, 0.15) is 20.8 Å². The van der Waals surface area contributed by atoms with Crippen LogP contribution in [0.2, 0.25) is 0 Å². The lowest BCUT2D eigenvalue weighted by Gasteiger charge is -2.13. The number of carbonyl (C=O) groups excluding carboxylic acids is 1. The Morgan fingerprint density at radius 1 is 1.06 bits per heavy atom. The zero-order valence-electron chi connectivity index (χ0n) is 10.8. The van der Waals surface area contributed by atoms with Crippen LogP contribution in [0.15, 0.2) is 33.7 Å². The van der Waals surface area contributed by atoms with Gasteiger partial charge < -0.3 is 0 Å². The van der Waals surface area contributed by atoms with Gasteiger partial charge in [0.05, 0.1) is 17.7 Å². The van der Waals surface area contributed by atoms with E-state index < -0.39 is 15.4 Å². The average Bonchev–Trinajstić information content (AvgIpc) is 2.17. The second-order valence-electron chi connectivity index (χ2n) is 5.01. The molecule has 0 fully saturated rings. The van der Waals surface area contributed by atoms with Gasteiger partial charge in [0.25, 0.3) is 15.9 Å². The molecule has 1 aliphatic rings. The summed E-state index contributed by atoms with van der Waals surface area (Å²) in [5.74, 6) is -0.227. The number of aliphatic imine (C=N–C) groups is 1. The van der Waals surface area contributed by atoms with E-state index >= 15 is 0 Å². The SMILES string of the molecule is CC(C)(C)C(=O)N=C1C=CC(=NS(C)(=O)=O)C=C1. The highest BCUT2D eigenvalue weighted by Gasteiger charge is 2.20. The van der Waals surface area contributed by atoms with Gasteiger partial charge in [-0.25, -0.2) is 13.4 Å². The summed E-state index contributed by atoms with van der Waals surface area (Å²) < 4.78 is 25.4. The van der Waals surface area contributed by atoms with Crippen LogP contribution in [-0.2, 0) is 14.8 Å². The lowest BCUT2D eigenvalue weighted by atomic mass is 9.96. The molecular weight excluding hydrogens is 252 g/mol. The molecule has 6 heteroatoms. The Bertz CT molecular complexity index is 555. The van der Waals surface area contributed by atoms with E-state index in [4.69, 9.17) is 0 Å². The molecule has 18 heavy (non-hydrogen) atoms. The maximum atomic E-state index is 11.7. The molecule has 0 aliphatic heterocycles. The summed E-state index contributed by atoms with van der Waals surface area (Å²) in [7, 11) is -3.41. The Morgan fingerprint density at radius 3 is 1.89 bits per heavy atom. The van der Waals surface area contributed by atoms with Crippen molar-refractivity contribution in [3.63, 3.8) is 0 Å². The quantitative estimate of drug-likeness (QED) is 0.677. The second-order valence-corrected chi connectivity index (χ2v) is 6.66. The fourth-order valence-corrected chi connectivity index (χ4v) is 1.57. The Labute approximate surface area is 107 Å². The molecule has 5 nitrogen and oxygen atoms in total. The van der Waals surface area contributed by atoms with Gasteiger partial charge in [0.2, 0.25) is 0 Å². The fourth-order valence-electron chi connectivity index (χ4n) is 1.06. The van der Waals surface area contributed by atoms with Crippen LogP contribution in [0.5, 0.6) is 0 Å². The van der Waals surface area contributed by atoms with Gasteiger partial charge >= 0.3 is 0 Å². The summed E-state index contributed by atoms with van der Waals surface area (Å²) in [4.78, 5) is 15.6. The standard InChI is InChI=1S/C12H16N2O3S/c1-12(2,3)11(15)13-9-5-7-10(8-6-9)14-18(4,16)17/h5-8H,1-4H3. The molecule has 0 N–H and O–H groups in total. The number of rotatable bonds is 1. The molecule has 98 valence electrons. The van der Waals surface area contributed by atoms with Gasteiger partial charge in [-0.15, -0.1) is 0 Å². The van der Waals surface area contributed by atoms with Crippen LogP contribution in [0.4, 0.5) is 0 Å². The van der Waals surface area contributed by atoms with E-state index in [2.05, 4.69) is 9.39 Å². The Hall–Kier alpha value is -1.56. The third-order valence-corrected chi connectivity index (χ3v) is 2.54. The molecule has 0 unspecified atom stereocenters. The molecule has 1 rings (SSSR count). The molecule has 1 amide bonds. The third-order valence-electron chi connectivity index (χ3n) is 1.99. The predicted octanol–water partition coefficient (Wildman–Crippen LogP) is 1.53. The molecule has 0 aromatic carbocycles. The average molecular weight is 268 g/mol. The smallest absolute Gasteiger partial charge is 0.251 e. The molecule has 0 aromatic rings. The first kappa shape index (κ1) is 14.5. The van der Waals surface area contributed by atoms with E-state index in [1.165, 1.54) is 12.2 Å². The van der Waals surface area contributed by atoms with Crippen molar-refractivity contribution in [2.75, 3.05) is 6.26 Å². The maximum Gasteiger partial charge on any atom is 0.251 e. The number of hydrogen-bond acceptors (Lipinski definition) is 3. The maximum absolute atomic E-state index is 11.7. The van der Waals surface area contributed by atoms with E-state index in [9.17, 15) is 13.2 Å². The fraction of sp³-hybridized carbons (Fsp3) is 0.417. The van der Waals surface area contributed by atoms with Crippen LogP contribution in [0.3, 0.4) is 0 Å². The minimum absolute atomic E-state index is 0.227. The summed E-state index contributed by atoms with van der Waals surface area (Å²) >= 11 is 0. The molecule has 0 saturated heterocycles. The molecule has 0 saturated carbocycles. The topological polar surface area (TPSA) is 75.9 Å². The highest BCUT2D eigenvalue weighted by Crippen LogP contribution is 2.15. The largest absolute Gasteiger partial charge is 0.272 e. The highest BCUT2D eigenvalue weighted by atomic mass is 32.2. The van der Waals surface area contributed by atoms with Gasteiger partial charge in [0.15, 0.2) is 0 Å². The van der Waals surface area contributed by atoms with Gasteiger partial charge in [-0.05, 0) is 24.3 Å². The molecular formula is C12H16N2O3S. The van der Waals surface area contributed by atoms with Crippen molar-refractivity contribution >= 4 is 27.4 Å². The lowest BCUT2D eigenvalue weighted by Crippen LogP contribution is -2.19. The first-order chi connectivity index (χ1) is 8.08. The molecule has 0 atom stereocenters. The predicted molar refractivity (Wildman–Crippen MR) is 72.5 cm³/mol. The van der Waals surface area contributed by atoms with Crippen LogP contribution in [0, 0.1) is 5.41 Å². The van der Waals surface area contributed by atoms with Crippen molar-refractivity contribution < 1.29 is 13.2 Å². The van der Waals surface area contributed by atoms with Crippen molar-refractivity contribution in [2.45, 2.75) is 20.8 Å². The van der Waals surface area contributed by atoms with E-state index in [1.807, 2.05) is 0 Å². The number of allylic oxidation sites excluding steroid dienone is 4. The van der Waals surface area contributed by atoms with Gasteiger partial charge in [-0.3, -0.25) is 4.79 Å². The minimum Gasteiger partial charge on any atom is -0.272 e. The van der Waals surface area contributed by atoms with Gasteiger partial charge in [-0.2, -0.15) is 4.40 Å². The van der Waals surface area contributed by atoms with Gasteiger partial charge in [-0.1, -0.05) is 20.8 Å². The lowest BCUT2D eigenvalue weighted by molar-refractivity contribution is -0.124. The molecule has 1 aliphatic carbocycles. The highest BCUT2D eigenvalue weighted by molar-refractivity contribution is 7.89. The van der Waals surface area contributed by atoms with E-state index in [-0.39, 0.29) is 5.91 Å². The Balaban J connectivity index is 2.90. The first-order valence-electron chi connectivity index (χ1n) is 5.37. The number of hydrogen-bond donors (Lipinski definition) is 0. The molecule has 0 spiro atoms. The third kappa shape index (κ3) is 4.75. The van der Waals surface area contributed by atoms with Crippen LogP contribution < -0.4 is 0 Å². The zero-order chi connectivity index (χ0) is 14.0. The van der Waals surface area contributed by atoms with Crippen molar-refractivity contribution in [1.29, 1.82) is 0 Å². The van der Waals surface area contributed by atoms with Crippen molar-refractivity contribution in [3.8, 4) is 0 Å². The molecule has 0 radical (unpaired) electrons. The van der Waals surface area contributed by atoms with Crippen molar-refractivity contribution in [1.82, 2.24) is 0 Å². The van der Waals surface area contributed by atoms with Crippen LogP contribution in [-0.4, -0.2) is 32.0 Å². The summed E-state index contributed by atoms with van der Waals surface area (Å²) in [6, 6.07) is 0. The Kier molecular flexibility index (Phi) is 4.01.